The Morgan fingerprint density at radius 1 is 1.25 bits per heavy atom. The number of halogens is 2. The molecule has 2 aromatic rings. The lowest BCUT2D eigenvalue weighted by molar-refractivity contribution is 0.580. The molecule has 1 aromatic heterocycles. The Kier molecular flexibility index (Phi) is 3.22. The molecule has 0 aliphatic carbocycles. The second kappa shape index (κ2) is 4.34. The molecule has 0 bridgehead atoms. The highest BCUT2D eigenvalue weighted by molar-refractivity contribution is 14.1. The van der Waals surface area contributed by atoms with E-state index in [0.717, 1.165) is 7.66 Å². The van der Waals surface area contributed by atoms with Crippen molar-refractivity contribution in [3.63, 3.8) is 0 Å². The van der Waals surface area contributed by atoms with Gasteiger partial charge in [-0.2, -0.15) is 17.6 Å². The van der Waals surface area contributed by atoms with Gasteiger partial charge in [0.05, 0.1) is 20.9 Å². The van der Waals surface area contributed by atoms with Gasteiger partial charge in [0.2, 0.25) is 0 Å². The van der Waals surface area contributed by atoms with E-state index in [0.29, 0.717) is 5.02 Å². The highest BCUT2D eigenvalue weighted by Crippen LogP contribution is 2.17. The van der Waals surface area contributed by atoms with Crippen LogP contribution < -0.4 is 0 Å². The molecule has 0 spiro atoms. The minimum absolute atomic E-state index is 0.163. The highest BCUT2D eigenvalue weighted by Gasteiger charge is 2.17. The molecule has 7 heteroatoms. The van der Waals surface area contributed by atoms with Gasteiger partial charge in [0, 0.05) is 5.02 Å². The van der Waals surface area contributed by atoms with Crippen molar-refractivity contribution >= 4 is 44.2 Å². The van der Waals surface area contributed by atoms with Gasteiger partial charge < -0.3 is 0 Å². The van der Waals surface area contributed by atoms with E-state index in [4.69, 9.17) is 11.6 Å². The fraction of sp³-hybridized carbons (Fsp3) is 0. The van der Waals surface area contributed by atoms with Gasteiger partial charge in [-0.15, -0.1) is 0 Å². The summed E-state index contributed by atoms with van der Waals surface area (Å²) < 4.78 is 25.7. The first-order valence-corrected chi connectivity index (χ1v) is 7.11. The van der Waals surface area contributed by atoms with Crippen LogP contribution >= 0.6 is 34.2 Å². The molecule has 0 atom stereocenters. The Hall–Kier alpha value is -0.600. The molecule has 16 heavy (non-hydrogen) atoms. The molecule has 84 valence electrons. The summed E-state index contributed by atoms with van der Waals surface area (Å²) in [6, 6.07) is 5.96. The Morgan fingerprint density at radius 2 is 1.88 bits per heavy atom. The zero-order valence-corrected chi connectivity index (χ0v) is 11.6. The van der Waals surface area contributed by atoms with Crippen LogP contribution in [0.3, 0.4) is 0 Å². The summed E-state index contributed by atoms with van der Waals surface area (Å²) in [5, 5.41) is 4.27. The van der Waals surface area contributed by atoms with E-state index < -0.39 is 10.0 Å². The zero-order valence-electron chi connectivity index (χ0n) is 7.84. The van der Waals surface area contributed by atoms with Crippen molar-refractivity contribution < 1.29 is 8.42 Å². The molecule has 4 nitrogen and oxygen atoms in total. The molecular weight excluding hydrogens is 363 g/mol. The lowest BCUT2D eigenvalue weighted by Gasteiger charge is -2.03. The molecule has 0 unspecified atom stereocenters. The number of benzene rings is 1. The van der Waals surface area contributed by atoms with Gasteiger partial charge in [-0.25, -0.2) is 0 Å². The SMILES string of the molecule is O=S(=O)(c1ccc(Cl)cc1)n1cc(I)cn1. The van der Waals surface area contributed by atoms with Crippen molar-refractivity contribution in [2.45, 2.75) is 4.90 Å². The Labute approximate surface area is 111 Å². The smallest absolute Gasteiger partial charge is 0.199 e. The third-order valence-corrected chi connectivity index (χ3v) is 4.26. The summed E-state index contributed by atoms with van der Waals surface area (Å²) in [4.78, 5) is 0.163. The van der Waals surface area contributed by atoms with E-state index in [1.54, 1.807) is 0 Å². The van der Waals surface area contributed by atoms with Crippen molar-refractivity contribution in [2.75, 3.05) is 0 Å². The predicted molar refractivity (Wildman–Crippen MR) is 69.0 cm³/mol. The summed E-state index contributed by atoms with van der Waals surface area (Å²) in [6.45, 7) is 0. The molecule has 0 aliphatic heterocycles. The fourth-order valence-electron chi connectivity index (χ4n) is 1.13. The van der Waals surface area contributed by atoms with E-state index in [1.165, 1.54) is 36.7 Å². The summed E-state index contributed by atoms with van der Waals surface area (Å²) in [5.74, 6) is 0. The first kappa shape index (κ1) is 11.9. The van der Waals surface area contributed by atoms with Crippen LogP contribution in [0.4, 0.5) is 0 Å². The van der Waals surface area contributed by atoms with Crippen molar-refractivity contribution in [3.05, 3.63) is 45.3 Å². The van der Waals surface area contributed by atoms with Crippen LogP contribution in [0.5, 0.6) is 0 Å². The second-order valence-electron chi connectivity index (χ2n) is 2.99. The Bertz CT molecular complexity index is 607. The zero-order chi connectivity index (χ0) is 11.8. The van der Waals surface area contributed by atoms with E-state index in [9.17, 15) is 8.42 Å². The van der Waals surface area contributed by atoms with Crippen LogP contribution in [0.2, 0.25) is 5.02 Å². The normalized spacial score (nSPS) is 11.6. The molecule has 0 saturated heterocycles. The summed E-state index contributed by atoms with van der Waals surface area (Å²) in [7, 11) is -3.59. The van der Waals surface area contributed by atoms with E-state index in [2.05, 4.69) is 5.10 Å². The minimum atomic E-state index is -3.59. The third-order valence-electron chi connectivity index (χ3n) is 1.89. The largest absolute Gasteiger partial charge is 0.282 e. The average molecular weight is 369 g/mol. The van der Waals surface area contributed by atoms with Crippen molar-refractivity contribution in [2.24, 2.45) is 0 Å². The molecule has 0 amide bonds. The number of hydrogen-bond acceptors (Lipinski definition) is 3. The average Bonchev–Trinajstić information content (AvgIpc) is 2.66. The van der Waals surface area contributed by atoms with Crippen molar-refractivity contribution in [3.8, 4) is 0 Å². The van der Waals surface area contributed by atoms with Gasteiger partial charge >= 0.3 is 0 Å². The standard InChI is InChI=1S/C9H6ClIN2O2S/c10-7-1-3-9(4-2-7)16(14,15)13-6-8(11)5-12-13/h1-6H. The third kappa shape index (κ3) is 2.23. The van der Waals surface area contributed by atoms with Crippen LogP contribution in [0.15, 0.2) is 41.6 Å². The second-order valence-corrected chi connectivity index (χ2v) is 6.47. The van der Waals surface area contributed by atoms with E-state index in [-0.39, 0.29) is 4.90 Å². The van der Waals surface area contributed by atoms with Gasteiger partial charge in [0.25, 0.3) is 10.0 Å². The van der Waals surface area contributed by atoms with Gasteiger partial charge in [-0.1, -0.05) is 11.6 Å². The summed E-state index contributed by atoms with van der Waals surface area (Å²) >= 11 is 7.69. The quantitative estimate of drug-likeness (QED) is 0.765. The lowest BCUT2D eigenvalue weighted by Crippen LogP contribution is -2.13. The Balaban J connectivity index is 2.51. The van der Waals surface area contributed by atoms with E-state index >= 15 is 0 Å². The first-order valence-electron chi connectivity index (χ1n) is 4.21. The maximum absolute atomic E-state index is 12.0. The molecule has 0 fully saturated rings. The summed E-state index contributed by atoms with van der Waals surface area (Å²) in [5.41, 5.74) is 0. The van der Waals surface area contributed by atoms with Gasteiger partial charge in [0.15, 0.2) is 0 Å². The monoisotopic (exact) mass is 368 g/mol. The molecule has 0 saturated carbocycles. The van der Waals surface area contributed by atoms with Gasteiger partial charge in [-0.3, -0.25) is 0 Å². The Morgan fingerprint density at radius 3 is 2.38 bits per heavy atom. The molecular formula is C9H6ClIN2O2S. The van der Waals surface area contributed by atoms with E-state index in [1.807, 2.05) is 22.6 Å². The number of hydrogen-bond donors (Lipinski definition) is 0. The minimum Gasteiger partial charge on any atom is -0.199 e. The first-order chi connectivity index (χ1) is 7.50. The van der Waals surface area contributed by atoms with Crippen LogP contribution in [-0.4, -0.2) is 17.6 Å². The van der Waals surface area contributed by atoms with Crippen molar-refractivity contribution in [1.29, 1.82) is 0 Å². The maximum atomic E-state index is 12.0. The van der Waals surface area contributed by atoms with Gasteiger partial charge in [-0.05, 0) is 46.9 Å². The van der Waals surface area contributed by atoms with Crippen LogP contribution in [-0.2, 0) is 10.0 Å². The number of nitrogens with zero attached hydrogens (tertiary/aromatic N) is 2. The molecule has 0 N–H and O–H groups in total. The number of aromatic nitrogens is 2. The predicted octanol–water partition coefficient (Wildman–Crippen LogP) is 2.38. The maximum Gasteiger partial charge on any atom is 0.282 e. The van der Waals surface area contributed by atoms with Crippen LogP contribution in [0.25, 0.3) is 0 Å². The number of rotatable bonds is 2. The molecule has 2 rings (SSSR count). The fourth-order valence-corrected chi connectivity index (χ4v) is 2.95. The van der Waals surface area contributed by atoms with Gasteiger partial charge in [0.1, 0.15) is 0 Å². The molecule has 0 radical (unpaired) electrons. The van der Waals surface area contributed by atoms with Crippen molar-refractivity contribution in [1.82, 2.24) is 9.19 Å². The van der Waals surface area contributed by atoms with Crippen LogP contribution in [0, 0.1) is 3.57 Å². The lowest BCUT2D eigenvalue weighted by atomic mass is 10.4. The molecule has 1 heterocycles. The molecule has 1 aromatic carbocycles. The van der Waals surface area contributed by atoms with Crippen LogP contribution in [0.1, 0.15) is 0 Å². The molecule has 0 aliphatic rings. The summed E-state index contributed by atoms with van der Waals surface area (Å²) in [6.07, 6.45) is 2.93. The highest BCUT2D eigenvalue weighted by atomic mass is 127. The topological polar surface area (TPSA) is 52.0 Å².